The standard InChI is InChI=1S/C21H26FN3O/c1-5-11-25-19(15-6-8-16(22)9-7-15)18-17(13-14(2)3)23-10-12-24(4)20(18)21(25)26/h5-9,14,19H,1,10-13H2,2-4H3. The second-order valence-corrected chi connectivity index (χ2v) is 7.31. The molecule has 0 bridgehead atoms. The summed E-state index contributed by atoms with van der Waals surface area (Å²) in [6.45, 7) is 9.95. The predicted molar refractivity (Wildman–Crippen MR) is 102 cm³/mol. The molecule has 0 saturated heterocycles. The van der Waals surface area contributed by atoms with Crippen LogP contribution in [-0.4, -0.2) is 48.1 Å². The van der Waals surface area contributed by atoms with E-state index in [-0.39, 0.29) is 17.8 Å². The Bertz CT molecular complexity index is 764. The highest BCUT2D eigenvalue weighted by Crippen LogP contribution is 2.41. The topological polar surface area (TPSA) is 35.9 Å². The number of aliphatic imine (C=N–C) groups is 1. The van der Waals surface area contributed by atoms with Crippen molar-refractivity contribution in [1.82, 2.24) is 9.80 Å². The van der Waals surface area contributed by atoms with Crippen LogP contribution in [0.3, 0.4) is 0 Å². The maximum Gasteiger partial charge on any atom is 0.271 e. The fraction of sp³-hybridized carbons (Fsp3) is 0.429. The lowest BCUT2D eigenvalue weighted by Gasteiger charge is -2.27. The second kappa shape index (κ2) is 7.44. The van der Waals surface area contributed by atoms with Crippen LogP contribution in [0.5, 0.6) is 0 Å². The molecule has 2 heterocycles. The Morgan fingerprint density at radius 2 is 2.04 bits per heavy atom. The number of carbonyl (C=O) groups is 1. The minimum absolute atomic E-state index is 0.00455. The predicted octanol–water partition coefficient (Wildman–Crippen LogP) is 3.58. The highest BCUT2D eigenvalue weighted by atomic mass is 19.1. The van der Waals surface area contributed by atoms with E-state index in [9.17, 15) is 9.18 Å². The molecule has 0 spiro atoms. The fourth-order valence-electron chi connectivity index (χ4n) is 3.73. The van der Waals surface area contributed by atoms with Crippen LogP contribution in [0.1, 0.15) is 31.9 Å². The first kappa shape index (κ1) is 18.4. The van der Waals surface area contributed by atoms with Crippen LogP contribution in [0.25, 0.3) is 0 Å². The molecule has 1 aromatic rings. The Morgan fingerprint density at radius 3 is 2.65 bits per heavy atom. The lowest BCUT2D eigenvalue weighted by atomic mass is 9.91. The summed E-state index contributed by atoms with van der Waals surface area (Å²) >= 11 is 0. The average molecular weight is 355 g/mol. The van der Waals surface area contributed by atoms with Gasteiger partial charge in [-0.1, -0.05) is 32.1 Å². The zero-order chi connectivity index (χ0) is 18.8. The van der Waals surface area contributed by atoms with E-state index in [0.29, 0.717) is 25.6 Å². The number of hydrogen-bond acceptors (Lipinski definition) is 3. The van der Waals surface area contributed by atoms with E-state index in [1.165, 1.54) is 12.1 Å². The first-order valence-corrected chi connectivity index (χ1v) is 9.10. The number of likely N-dealkylation sites (N-methyl/N-ethyl adjacent to an activating group) is 1. The Kier molecular flexibility index (Phi) is 5.25. The summed E-state index contributed by atoms with van der Waals surface area (Å²) in [4.78, 5) is 21.9. The van der Waals surface area contributed by atoms with Gasteiger partial charge in [0.05, 0.1) is 12.6 Å². The van der Waals surface area contributed by atoms with E-state index in [1.807, 2.05) is 16.8 Å². The molecule has 1 atom stereocenters. The smallest absolute Gasteiger partial charge is 0.271 e. The SMILES string of the molecule is C=CCN1C(=O)C2=C(C(CC(C)C)=NCCN2C)C1c1ccc(F)cc1. The van der Waals surface area contributed by atoms with Gasteiger partial charge in [-0.05, 0) is 30.0 Å². The van der Waals surface area contributed by atoms with Gasteiger partial charge in [0.15, 0.2) is 0 Å². The van der Waals surface area contributed by atoms with Gasteiger partial charge in [0.1, 0.15) is 11.5 Å². The summed E-state index contributed by atoms with van der Waals surface area (Å²) in [6, 6.07) is 6.16. The van der Waals surface area contributed by atoms with Crippen molar-refractivity contribution < 1.29 is 9.18 Å². The third kappa shape index (κ3) is 3.30. The largest absolute Gasteiger partial charge is 0.368 e. The van der Waals surface area contributed by atoms with E-state index in [2.05, 4.69) is 20.4 Å². The van der Waals surface area contributed by atoms with Crippen molar-refractivity contribution in [3.05, 3.63) is 59.6 Å². The quantitative estimate of drug-likeness (QED) is 0.757. The molecule has 0 N–H and O–H groups in total. The molecule has 1 amide bonds. The van der Waals surface area contributed by atoms with Gasteiger partial charge in [-0.15, -0.1) is 6.58 Å². The second-order valence-electron chi connectivity index (χ2n) is 7.31. The zero-order valence-electron chi connectivity index (χ0n) is 15.7. The number of hydrogen-bond donors (Lipinski definition) is 0. The summed E-state index contributed by atoms with van der Waals surface area (Å²) in [7, 11) is 1.94. The van der Waals surface area contributed by atoms with Crippen molar-refractivity contribution in [2.45, 2.75) is 26.3 Å². The molecule has 0 aliphatic carbocycles. The number of carbonyl (C=O) groups excluding carboxylic acids is 1. The Hall–Kier alpha value is -2.43. The van der Waals surface area contributed by atoms with Gasteiger partial charge in [-0.2, -0.15) is 0 Å². The van der Waals surface area contributed by atoms with Crippen molar-refractivity contribution in [3.8, 4) is 0 Å². The van der Waals surface area contributed by atoms with Crippen molar-refractivity contribution in [3.63, 3.8) is 0 Å². The Labute approximate surface area is 154 Å². The molecule has 5 heteroatoms. The third-order valence-corrected chi connectivity index (χ3v) is 4.85. The first-order valence-electron chi connectivity index (χ1n) is 9.10. The fourth-order valence-corrected chi connectivity index (χ4v) is 3.73. The molecular formula is C21H26FN3O. The lowest BCUT2D eigenvalue weighted by molar-refractivity contribution is -0.127. The van der Waals surface area contributed by atoms with Crippen LogP contribution >= 0.6 is 0 Å². The van der Waals surface area contributed by atoms with Crippen LogP contribution in [0.4, 0.5) is 4.39 Å². The van der Waals surface area contributed by atoms with Crippen molar-refractivity contribution in [2.75, 3.05) is 26.7 Å². The molecule has 2 aliphatic heterocycles. The summed E-state index contributed by atoms with van der Waals surface area (Å²) in [5.74, 6) is 0.148. The molecule has 0 saturated carbocycles. The van der Waals surface area contributed by atoms with Gasteiger partial charge in [0, 0.05) is 31.4 Å². The van der Waals surface area contributed by atoms with Gasteiger partial charge in [0.2, 0.25) is 0 Å². The maximum atomic E-state index is 13.5. The summed E-state index contributed by atoms with van der Waals surface area (Å²) in [5, 5.41) is 0. The summed E-state index contributed by atoms with van der Waals surface area (Å²) in [6.07, 6.45) is 2.56. The zero-order valence-corrected chi connectivity index (χ0v) is 15.7. The first-order chi connectivity index (χ1) is 12.4. The lowest BCUT2D eigenvalue weighted by Crippen LogP contribution is -2.34. The van der Waals surface area contributed by atoms with E-state index < -0.39 is 0 Å². The highest BCUT2D eigenvalue weighted by molar-refractivity contribution is 6.12. The van der Waals surface area contributed by atoms with Gasteiger partial charge < -0.3 is 9.80 Å². The normalized spacial score (nSPS) is 20.4. The van der Waals surface area contributed by atoms with Crippen LogP contribution in [0, 0.1) is 11.7 Å². The van der Waals surface area contributed by atoms with E-state index in [0.717, 1.165) is 29.0 Å². The molecular weight excluding hydrogens is 329 g/mol. The molecule has 138 valence electrons. The van der Waals surface area contributed by atoms with Crippen molar-refractivity contribution >= 4 is 11.6 Å². The molecule has 0 fully saturated rings. The Balaban J connectivity index is 2.17. The molecule has 1 aromatic carbocycles. The molecule has 2 aliphatic rings. The van der Waals surface area contributed by atoms with Gasteiger partial charge in [-0.3, -0.25) is 9.79 Å². The molecule has 0 aromatic heterocycles. The minimum Gasteiger partial charge on any atom is -0.368 e. The van der Waals surface area contributed by atoms with E-state index >= 15 is 0 Å². The van der Waals surface area contributed by atoms with Crippen LogP contribution in [0.15, 0.2) is 53.2 Å². The monoisotopic (exact) mass is 355 g/mol. The van der Waals surface area contributed by atoms with Crippen LogP contribution in [-0.2, 0) is 4.79 Å². The van der Waals surface area contributed by atoms with E-state index in [4.69, 9.17) is 4.99 Å². The highest BCUT2D eigenvalue weighted by Gasteiger charge is 2.43. The molecule has 4 nitrogen and oxygen atoms in total. The van der Waals surface area contributed by atoms with Crippen LogP contribution in [0.2, 0.25) is 0 Å². The maximum absolute atomic E-state index is 13.5. The average Bonchev–Trinajstić information content (AvgIpc) is 2.77. The molecule has 1 unspecified atom stereocenters. The van der Waals surface area contributed by atoms with Crippen molar-refractivity contribution in [1.29, 1.82) is 0 Å². The summed E-state index contributed by atoms with van der Waals surface area (Å²) < 4.78 is 13.5. The van der Waals surface area contributed by atoms with Gasteiger partial charge in [-0.25, -0.2) is 4.39 Å². The number of benzene rings is 1. The minimum atomic E-state index is -0.281. The number of nitrogens with zero attached hydrogens (tertiary/aromatic N) is 3. The molecule has 26 heavy (non-hydrogen) atoms. The van der Waals surface area contributed by atoms with Gasteiger partial charge in [0.25, 0.3) is 5.91 Å². The molecule has 3 rings (SSSR count). The third-order valence-electron chi connectivity index (χ3n) is 4.85. The Morgan fingerprint density at radius 1 is 1.35 bits per heavy atom. The number of amides is 1. The number of halogens is 1. The van der Waals surface area contributed by atoms with Crippen LogP contribution < -0.4 is 0 Å². The number of rotatable bonds is 5. The van der Waals surface area contributed by atoms with Gasteiger partial charge >= 0.3 is 0 Å². The van der Waals surface area contributed by atoms with Crippen molar-refractivity contribution in [2.24, 2.45) is 10.9 Å². The van der Waals surface area contributed by atoms with E-state index in [1.54, 1.807) is 18.2 Å². The summed E-state index contributed by atoms with van der Waals surface area (Å²) in [5.41, 5.74) is 3.59. The molecule has 0 radical (unpaired) electrons.